The van der Waals surface area contributed by atoms with E-state index in [0.717, 1.165) is 16.7 Å². The fourth-order valence-electron chi connectivity index (χ4n) is 2.70. The van der Waals surface area contributed by atoms with Gasteiger partial charge in [0.25, 0.3) is 5.91 Å². The van der Waals surface area contributed by atoms with Crippen LogP contribution in [0.1, 0.15) is 25.6 Å². The highest BCUT2D eigenvalue weighted by atomic mass is 16.6. The number of para-hydroxylation sites is 1. The molecule has 1 aromatic heterocycles. The van der Waals surface area contributed by atoms with E-state index < -0.39 is 18.5 Å². The maximum Gasteiger partial charge on any atom is 0.344 e. The van der Waals surface area contributed by atoms with Gasteiger partial charge in [0, 0.05) is 5.39 Å². The first kappa shape index (κ1) is 20.3. The van der Waals surface area contributed by atoms with Crippen molar-refractivity contribution in [2.24, 2.45) is 0 Å². The molecular weight excluding hydrogens is 374 g/mol. The van der Waals surface area contributed by atoms with Gasteiger partial charge in [0.1, 0.15) is 22.8 Å². The SMILES string of the molecule is CCOc1ccc(OCC(=O)OCC(=O)N[C@H](C)c2cc3ccccc3o2)cc1. The molecule has 7 nitrogen and oxygen atoms in total. The number of esters is 1. The molecule has 1 amide bonds. The lowest BCUT2D eigenvalue weighted by Crippen LogP contribution is -2.31. The number of rotatable bonds is 9. The van der Waals surface area contributed by atoms with Gasteiger partial charge in [-0.15, -0.1) is 0 Å². The number of amides is 1. The number of ether oxygens (including phenoxy) is 3. The highest BCUT2D eigenvalue weighted by Crippen LogP contribution is 2.23. The van der Waals surface area contributed by atoms with Gasteiger partial charge in [-0.05, 0) is 50.2 Å². The van der Waals surface area contributed by atoms with Crippen molar-refractivity contribution >= 4 is 22.8 Å². The first-order valence-corrected chi connectivity index (χ1v) is 9.34. The van der Waals surface area contributed by atoms with E-state index in [1.807, 2.05) is 37.3 Å². The van der Waals surface area contributed by atoms with Gasteiger partial charge in [-0.3, -0.25) is 4.79 Å². The summed E-state index contributed by atoms with van der Waals surface area (Å²) >= 11 is 0. The number of furan rings is 1. The van der Waals surface area contributed by atoms with Crippen molar-refractivity contribution < 1.29 is 28.2 Å². The molecule has 3 aromatic rings. The topological polar surface area (TPSA) is 87.0 Å². The third-order valence-corrected chi connectivity index (χ3v) is 4.10. The number of fused-ring (bicyclic) bond motifs is 1. The van der Waals surface area contributed by atoms with E-state index in [-0.39, 0.29) is 12.6 Å². The number of hydrogen-bond donors (Lipinski definition) is 1. The Labute approximate surface area is 168 Å². The van der Waals surface area contributed by atoms with Gasteiger partial charge in [0.05, 0.1) is 12.6 Å². The summed E-state index contributed by atoms with van der Waals surface area (Å²) in [5.41, 5.74) is 0.751. The fraction of sp³-hybridized carbons (Fsp3) is 0.273. The lowest BCUT2D eigenvalue weighted by Gasteiger charge is -2.12. The largest absolute Gasteiger partial charge is 0.494 e. The van der Waals surface area contributed by atoms with Gasteiger partial charge in [0.2, 0.25) is 0 Å². The van der Waals surface area contributed by atoms with Crippen molar-refractivity contribution in [2.75, 3.05) is 19.8 Å². The minimum atomic E-state index is -0.634. The normalized spacial score (nSPS) is 11.7. The van der Waals surface area contributed by atoms with E-state index in [4.69, 9.17) is 18.6 Å². The first-order valence-electron chi connectivity index (χ1n) is 9.34. The summed E-state index contributed by atoms with van der Waals surface area (Å²) in [6.07, 6.45) is 0. The van der Waals surface area contributed by atoms with Crippen molar-refractivity contribution in [1.29, 1.82) is 0 Å². The number of carbonyl (C=O) groups excluding carboxylic acids is 2. The molecule has 1 N–H and O–H groups in total. The summed E-state index contributed by atoms with van der Waals surface area (Å²) in [6.45, 7) is 3.58. The van der Waals surface area contributed by atoms with Crippen LogP contribution in [0.25, 0.3) is 11.0 Å². The van der Waals surface area contributed by atoms with Crippen LogP contribution < -0.4 is 14.8 Å². The van der Waals surface area contributed by atoms with Crippen molar-refractivity contribution in [3.8, 4) is 11.5 Å². The quantitative estimate of drug-likeness (QED) is 0.555. The molecular formula is C22H23NO6. The molecule has 0 aliphatic carbocycles. The van der Waals surface area contributed by atoms with Gasteiger partial charge >= 0.3 is 5.97 Å². The average molecular weight is 397 g/mol. The lowest BCUT2D eigenvalue weighted by atomic mass is 10.2. The smallest absolute Gasteiger partial charge is 0.344 e. The molecule has 152 valence electrons. The second-order valence-corrected chi connectivity index (χ2v) is 6.33. The molecule has 0 bridgehead atoms. The maximum atomic E-state index is 12.0. The summed E-state index contributed by atoms with van der Waals surface area (Å²) in [5.74, 6) is 0.800. The fourth-order valence-corrected chi connectivity index (χ4v) is 2.70. The summed E-state index contributed by atoms with van der Waals surface area (Å²) in [4.78, 5) is 23.8. The Morgan fingerprint density at radius 3 is 2.38 bits per heavy atom. The predicted octanol–water partition coefficient (Wildman–Crippen LogP) is 3.63. The van der Waals surface area contributed by atoms with Gasteiger partial charge in [0.15, 0.2) is 13.2 Å². The minimum absolute atomic E-state index is 0.291. The molecule has 29 heavy (non-hydrogen) atoms. The molecule has 1 atom stereocenters. The zero-order valence-corrected chi connectivity index (χ0v) is 16.3. The molecule has 0 aliphatic heterocycles. The zero-order chi connectivity index (χ0) is 20.6. The lowest BCUT2D eigenvalue weighted by molar-refractivity contribution is -0.150. The average Bonchev–Trinajstić information content (AvgIpc) is 3.16. The van der Waals surface area contributed by atoms with E-state index in [1.54, 1.807) is 31.2 Å². The third-order valence-electron chi connectivity index (χ3n) is 4.10. The van der Waals surface area contributed by atoms with Crippen LogP contribution in [-0.4, -0.2) is 31.7 Å². The van der Waals surface area contributed by atoms with Crippen LogP contribution in [0.3, 0.4) is 0 Å². The van der Waals surface area contributed by atoms with E-state index in [9.17, 15) is 9.59 Å². The Bertz CT molecular complexity index is 930. The van der Waals surface area contributed by atoms with E-state index in [2.05, 4.69) is 5.32 Å². The minimum Gasteiger partial charge on any atom is -0.494 e. The molecule has 3 rings (SSSR count). The van der Waals surface area contributed by atoms with Crippen LogP contribution in [0.5, 0.6) is 11.5 Å². The Hall–Kier alpha value is -3.48. The molecule has 0 saturated carbocycles. The van der Waals surface area contributed by atoms with Crippen molar-refractivity contribution in [3.63, 3.8) is 0 Å². The summed E-state index contributed by atoms with van der Waals surface area (Å²) in [5, 5.41) is 3.70. The highest BCUT2D eigenvalue weighted by Gasteiger charge is 2.15. The molecule has 0 spiro atoms. The number of benzene rings is 2. The monoisotopic (exact) mass is 397 g/mol. The molecule has 1 heterocycles. The Balaban J connectivity index is 1.40. The summed E-state index contributed by atoms with van der Waals surface area (Å²) < 4.78 is 21.3. The Morgan fingerprint density at radius 1 is 1.00 bits per heavy atom. The van der Waals surface area contributed by atoms with Crippen LogP contribution in [-0.2, 0) is 14.3 Å². The van der Waals surface area contributed by atoms with E-state index >= 15 is 0 Å². The van der Waals surface area contributed by atoms with E-state index in [0.29, 0.717) is 18.1 Å². The summed E-state index contributed by atoms with van der Waals surface area (Å²) in [6, 6.07) is 16.0. The van der Waals surface area contributed by atoms with Crippen LogP contribution in [0.4, 0.5) is 0 Å². The second kappa shape index (κ2) is 9.64. The standard InChI is InChI=1S/C22H23NO6/c1-3-26-17-8-10-18(11-9-17)27-14-22(25)28-13-21(24)23-15(2)20-12-16-6-4-5-7-19(16)29-20/h4-12,15H,3,13-14H2,1-2H3,(H,23,24)/t15-/m1/s1. The van der Waals surface area contributed by atoms with E-state index in [1.165, 1.54) is 0 Å². The molecule has 7 heteroatoms. The summed E-state index contributed by atoms with van der Waals surface area (Å²) in [7, 11) is 0. The van der Waals surface area contributed by atoms with Crippen molar-refractivity contribution in [1.82, 2.24) is 5.32 Å². The number of carbonyl (C=O) groups is 2. The molecule has 2 aromatic carbocycles. The van der Waals surface area contributed by atoms with Crippen LogP contribution in [0, 0.1) is 0 Å². The number of nitrogens with one attached hydrogen (secondary N) is 1. The molecule has 0 radical (unpaired) electrons. The Morgan fingerprint density at radius 2 is 1.69 bits per heavy atom. The molecule has 0 fully saturated rings. The van der Waals surface area contributed by atoms with Crippen LogP contribution >= 0.6 is 0 Å². The van der Waals surface area contributed by atoms with Gasteiger partial charge in [-0.1, -0.05) is 18.2 Å². The van der Waals surface area contributed by atoms with Gasteiger partial charge < -0.3 is 23.9 Å². The van der Waals surface area contributed by atoms with Gasteiger partial charge in [-0.2, -0.15) is 0 Å². The van der Waals surface area contributed by atoms with Crippen molar-refractivity contribution in [3.05, 3.63) is 60.4 Å². The molecule has 0 saturated heterocycles. The molecule has 0 unspecified atom stereocenters. The number of hydrogen-bond acceptors (Lipinski definition) is 6. The Kier molecular flexibility index (Phi) is 6.73. The third kappa shape index (κ3) is 5.75. The maximum absolute atomic E-state index is 12.0. The van der Waals surface area contributed by atoms with Gasteiger partial charge in [-0.25, -0.2) is 4.79 Å². The zero-order valence-electron chi connectivity index (χ0n) is 16.3. The predicted molar refractivity (Wildman–Crippen MR) is 107 cm³/mol. The first-order chi connectivity index (χ1) is 14.0. The van der Waals surface area contributed by atoms with Crippen molar-refractivity contribution in [2.45, 2.75) is 19.9 Å². The second-order valence-electron chi connectivity index (χ2n) is 6.33. The van der Waals surface area contributed by atoms with Crippen LogP contribution in [0.2, 0.25) is 0 Å². The molecule has 0 aliphatic rings. The van der Waals surface area contributed by atoms with Crippen LogP contribution in [0.15, 0.2) is 59.0 Å². The highest BCUT2D eigenvalue weighted by molar-refractivity contribution is 5.82.